The molecule has 11 nitrogen and oxygen atoms in total. The maximum absolute atomic E-state index is 12.5. The van der Waals surface area contributed by atoms with E-state index in [2.05, 4.69) is 10.3 Å². The van der Waals surface area contributed by atoms with Crippen LogP contribution in [0.2, 0.25) is 0 Å². The molecule has 1 aliphatic rings. The minimum absolute atomic E-state index is 0.0401. The van der Waals surface area contributed by atoms with Gasteiger partial charge in [0.05, 0.1) is 4.92 Å². The zero-order chi connectivity index (χ0) is 21.0. The Morgan fingerprint density at radius 1 is 1.21 bits per heavy atom. The second kappa shape index (κ2) is 8.41. The highest BCUT2D eigenvalue weighted by atomic mass is 32.2. The first-order valence-electron chi connectivity index (χ1n) is 8.67. The van der Waals surface area contributed by atoms with Gasteiger partial charge in [0, 0.05) is 37.1 Å². The van der Waals surface area contributed by atoms with Crippen molar-refractivity contribution in [3.63, 3.8) is 0 Å². The molecule has 1 amide bonds. The lowest BCUT2D eigenvalue weighted by Gasteiger charge is -2.13. The molecule has 2 N–H and O–H groups in total. The Labute approximate surface area is 165 Å². The number of benzene rings is 1. The van der Waals surface area contributed by atoms with Crippen molar-refractivity contribution >= 4 is 33.3 Å². The first kappa shape index (κ1) is 20.5. The van der Waals surface area contributed by atoms with E-state index in [9.17, 15) is 28.1 Å². The Balaban J connectivity index is 1.54. The van der Waals surface area contributed by atoms with Crippen LogP contribution < -0.4 is 5.32 Å². The van der Waals surface area contributed by atoms with E-state index < -0.39 is 33.4 Å². The van der Waals surface area contributed by atoms with Crippen molar-refractivity contribution in [2.45, 2.75) is 17.7 Å². The van der Waals surface area contributed by atoms with Crippen LogP contribution in [0.25, 0.3) is 0 Å². The average molecular weight is 422 g/mol. The van der Waals surface area contributed by atoms with E-state index in [0.717, 1.165) is 12.8 Å². The number of rotatable bonds is 7. The molecule has 0 radical (unpaired) electrons. The Hall–Kier alpha value is -3.25. The Kier molecular flexibility index (Phi) is 5.94. The molecule has 29 heavy (non-hydrogen) atoms. The van der Waals surface area contributed by atoms with Crippen LogP contribution >= 0.6 is 0 Å². The molecule has 1 saturated heterocycles. The minimum atomic E-state index is -3.67. The Morgan fingerprint density at radius 2 is 1.86 bits per heavy atom. The molecule has 154 valence electrons. The van der Waals surface area contributed by atoms with Crippen LogP contribution in [0.5, 0.6) is 0 Å². The van der Waals surface area contributed by atoms with Crippen LogP contribution in [0.15, 0.2) is 41.4 Å². The van der Waals surface area contributed by atoms with Crippen LogP contribution in [0, 0.1) is 10.1 Å². The zero-order valence-electron chi connectivity index (χ0n) is 15.2. The van der Waals surface area contributed by atoms with Crippen LogP contribution in [0.4, 0.5) is 11.4 Å². The van der Waals surface area contributed by atoms with E-state index in [1.54, 1.807) is 0 Å². The molecule has 12 heteroatoms. The molecule has 2 aromatic rings. The summed E-state index contributed by atoms with van der Waals surface area (Å²) in [7, 11) is -3.67. The van der Waals surface area contributed by atoms with Crippen molar-refractivity contribution < 1.29 is 27.7 Å². The van der Waals surface area contributed by atoms with E-state index in [1.807, 2.05) is 0 Å². The monoisotopic (exact) mass is 422 g/mol. The van der Waals surface area contributed by atoms with Gasteiger partial charge in [0.1, 0.15) is 10.6 Å². The summed E-state index contributed by atoms with van der Waals surface area (Å²) in [5, 5.41) is 13.0. The highest BCUT2D eigenvalue weighted by molar-refractivity contribution is 7.89. The number of amides is 1. The van der Waals surface area contributed by atoms with Crippen LogP contribution in [-0.4, -0.2) is 54.2 Å². The number of non-ortho nitro benzene ring substituents is 1. The Bertz CT molecular complexity index is 1020. The maximum Gasteiger partial charge on any atom is 0.355 e. The normalized spacial score (nSPS) is 14.5. The van der Waals surface area contributed by atoms with Crippen molar-refractivity contribution in [3.05, 3.63) is 52.3 Å². The number of carbonyl (C=O) groups excluding carboxylic acids is 2. The second-order valence-corrected chi connectivity index (χ2v) is 8.23. The number of hydrogen-bond donors (Lipinski definition) is 2. The predicted molar refractivity (Wildman–Crippen MR) is 101 cm³/mol. The average Bonchev–Trinajstić information content (AvgIpc) is 3.39. The number of nitro groups is 1. The third-order valence-electron chi connectivity index (χ3n) is 4.28. The summed E-state index contributed by atoms with van der Waals surface area (Å²) in [5.74, 6) is -1.53. The minimum Gasteiger partial charge on any atom is -0.451 e. The quantitative estimate of drug-likeness (QED) is 0.390. The highest BCUT2D eigenvalue weighted by Gasteiger charge is 2.29. The summed E-state index contributed by atoms with van der Waals surface area (Å²) in [6.07, 6.45) is 2.80. The molecule has 0 bridgehead atoms. The van der Waals surface area contributed by atoms with Gasteiger partial charge < -0.3 is 15.0 Å². The third-order valence-corrected chi connectivity index (χ3v) is 6.15. The fraction of sp³-hybridized carbons (Fsp3) is 0.294. The molecule has 3 rings (SSSR count). The van der Waals surface area contributed by atoms with Crippen molar-refractivity contribution in [3.8, 4) is 0 Å². The Morgan fingerprint density at radius 3 is 2.48 bits per heavy atom. The van der Waals surface area contributed by atoms with Gasteiger partial charge in [-0.25, -0.2) is 13.2 Å². The number of hydrogen-bond acceptors (Lipinski definition) is 7. The lowest BCUT2D eigenvalue weighted by molar-refractivity contribution is -0.384. The van der Waals surface area contributed by atoms with Crippen LogP contribution in [0.3, 0.4) is 0 Å². The lowest BCUT2D eigenvalue weighted by atomic mass is 10.3. The van der Waals surface area contributed by atoms with Gasteiger partial charge in [-0.05, 0) is 31.0 Å². The van der Waals surface area contributed by atoms with Crippen molar-refractivity contribution in [1.29, 1.82) is 0 Å². The first-order valence-corrected chi connectivity index (χ1v) is 10.1. The van der Waals surface area contributed by atoms with Crippen LogP contribution in [0.1, 0.15) is 23.3 Å². The number of nitrogens with zero attached hydrogens (tertiary/aromatic N) is 2. The van der Waals surface area contributed by atoms with Gasteiger partial charge >= 0.3 is 5.97 Å². The van der Waals surface area contributed by atoms with Gasteiger partial charge in [0.2, 0.25) is 10.0 Å². The number of ether oxygens (including phenoxy) is 1. The molecular formula is C17H18N4O7S. The van der Waals surface area contributed by atoms with E-state index in [0.29, 0.717) is 18.8 Å². The number of aromatic amines is 1. The maximum atomic E-state index is 12.5. The van der Waals surface area contributed by atoms with Crippen LogP contribution in [-0.2, 0) is 19.6 Å². The number of aromatic nitrogens is 1. The van der Waals surface area contributed by atoms with Crippen molar-refractivity contribution in [2.24, 2.45) is 0 Å². The van der Waals surface area contributed by atoms with E-state index in [1.165, 1.54) is 40.8 Å². The number of esters is 1. The summed E-state index contributed by atoms with van der Waals surface area (Å²) in [4.78, 5) is 36.5. The second-order valence-electron chi connectivity index (χ2n) is 6.29. The van der Waals surface area contributed by atoms with Crippen molar-refractivity contribution in [2.75, 3.05) is 25.0 Å². The summed E-state index contributed by atoms with van der Waals surface area (Å²) in [6.45, 7) is 0.273. The van der Waals surface area contributed by atoms with E-state index >= 15 is 0 Å². The SMILES string of the molecule is O=C(COC(=O)c1cc(S(=O)(=O)N2CCCC2)c[nH]1)Nc1ccc([N+](=O)[O-])cc1. The van der Waals surface area contributed by atoms with Gasteiger partial charge in [-0.1, -0.05) is 0 Å². The number of H-pyrrole nitrogens is 1. The zero-order valence-corrected chi connectivity index (χ0v) is 16.0. The molecule has 0 unspecified atom stereocenters. The fourth-order valence-corrected chi connectivity index (χ4v) is 4.30. The molecule has 1 aromatic heterocycles. The number of nitrogens with one attached hydrogen (secondary N) is 2. The molecule has 0 spiro atoms. The van der Waals surface area contributed by atoms with Crippen molar-refractivity contribution in [1.82, 2.24) is 9.29 Å². The van der Waals surface area contributed by atoms with Gasteiger partial charge in [-0.2, -0.15) is 4.31 Å². The number of carbonyl (C=O) groups is 2. The van der Waals surface area contributed by atoms with Gasteiger partial charge in [-0.15, -0.1) is 0 Å². The standard InChI is InChI=1S/C17H18N4O7S/c22-16(19-12-3-5-13(6-4-12)21(24)25)11-28-17(23)15-9-14(10-18-15)29(26,27)20-7-1-2-8-20/h3-6,9-10,18H,1-2,7-8,11H2,(H,19,22). The molecule has 1 fully saturated rings. The van der Waals surface area contributed by atoms with Gasteiger partial charge in [0.25, 0.3) is 11.6 Å². The summed E-state index contributed by atoms with van der Waals surface area (Å²) in [6, 6.07) is 6.31. The van der Waals surface area contributed by atoms with E-state index in [-0.39, 0.29) is 16.3 Å². The molecule has 0 aliphatic carbocycles. The molecule has 1 aromatic carbocycles. The summed E-state index contributed by atoms with van der Waals surface area (Å²) < 4.78 is 31.1. The number of sulfonamides is 1. The van der Waals surface area contributed by atoms with Gasteiger partial charge in [-0.3, -0.25) is 14.9 Å². The topological polar surface area (TPSA) is 152 Å². The largest absolute Gasteiger partial charge is 0.451 e. The molecule has 0 atom stereocenters. The van der Waals surface area contributed by atoms with Gasteiger partial charge in [0.15, 0.2) is 6.61 Å². The van der Waals surface area contributed by atoms with E-state index in [4.69, 9.17) is 4.74 Å². The third kappa shape index (κ3) is 4.78. The molecular weight excluding hydrogens is 404 g/mol. The smallest absolute Gasteiger partial charge is 0.355 e. The highest BCUT2D eigenvalue weighted by Crippen LogP contribution is 2.21. The fourth-order valence-electron chi connectivity index (χ4n) is 2.79. The number of nitro benzene ring substituents is 1. The lowest BCUT2D eigenvalue weighted by Crippen LogP contribution is -2.27. The summed E-state index contributed by atoms with van der Waals surface area (Å²) in [5.41, 5.74) is 0.0854. The summed E-state index contributed by atoms with van der Waals surface area (Å²) >= 11 is 0. The predicted octanol–water partition coefficient (Wildman–Crippen LogP) is 1.50. The molecule has 0 saturated carbocycles. The molecule has 1 aliphatic heterocycles. The first-order chi connectivity index (χ1) is 13.8. The number of anilines is 1. The molecule has 2 heterocycles.